The van der Waals surface area contributed by atoms with Crippen LogP contribution < -0.4 is 23.8 Å². The monoisotopic (exact) mass is 677 g/mol. The highest BCUT2D eigenvalue weighted by Gasteiger charge is 2.35. The van der Waals surface area contributed by atoms with Gasteiger partial charge in [0.1, 0.15) is 18.3 Å². The number of anilines is 1. The molecule has 0 radical (unpaired) electrons. The summed E-state index contributed by atoms with van der Waals surface area (Å²) in [6.45, 7) is 0.963. The van der Waals surface area contributed by atoms with Crippen LogP contribution in [0.25, 0.3) is 0 Å². The summed E-state index contributed by atoms with van der Waals surface area (Å²) in [4.78, 5) is 28.9. The largest absolute Gasteiger partial charge is 0.495 e. The molecule has 0 aliphatic heterocycles. The number of nitrogens with zero attached hydrogens (tertiary/aromatic N) is 2. The third-order valence-electron chi connectivity index (χ3n) is 7.74. The van der Waals surface area contributed by atoms with Crippen molar-refractivity contribution in [3.05, 3.63) is 76.3 Å². The molecule has 3 aromatic carbocycles. The zero-order valence-corrected chi connectivity index (χ0v) is 27.9. The lowest BCUT2D eigenvalue weighted by Crippen LogP contribution is -2.52. The van der Waals surface area contributed by atoms with E-state index in [1.54, 1.807) is 37.3 Å². The van der Waals surface area contributed by atoms with Crippen molar-refractivity contribution in [2.45, 2.75) is 56.1 Å². The van der Waals surface area contributed by atoms with Crippen LogP contribution in [-0.2, 0) is 26.2 Å². The third-order valence-corrected chi connectivity index (χ3v) is 9.97. The van der Waals surface area contributed by atoms with Gasteiger partial charge in [-0.2, -0.15) is 0 Å². The van der Waals surface area contributed by atoms with Gasteiger partial charge in [-0.25, -0.2) is 8.42 Å². The molecule has 1 N–H and O–H groups in total. The van der Waals surface area contributed by atoms with Gasteiger partial charge in [0.15, 0.2) is 11.5 Å². The summed E-state index contributed by atoms with van der Waals surface area (Å²) in [6.07, 6.45) is 3.78. The molecule has 0 heterocycles. The topological polar surface area (TPSA) is 114 Å². The normalized spacial score (nSPS) is 14.0. The molecule has 2 amide bonds. The van der Waals surface area contributed by atoms with Crippen molar-refractivity contribution in [1.82, 2.24) is 10.2 Å². The van der Waals surface area contributed by atoms with Crippen molar-refractivity contribution in [2.75, 3.05) is 32.2 Å². The summed E-state index contributed by atoms with van der Waals surface area (Å²) in [5.74, 6) is -0.274. The van der Waals surface area contributed by atoms with E-state index < -0.39 is 28.5 Å². The molecule has 0 spiro atoms. The molecule has 1 atom stereocenters. The van der Waals surface area contributed by atoms with Crippen molar-refractivity contribution >= 4 is 50.7 Å². The Morgan fingerprint density at radius 1 is 0.889 bits per heavy atom. The molecule has 1 saturated carbocycles. The first-order chi connectivity index (χ1) is 21.5. The fourth-order valence-corrected chi connectivity index (χ4v) is 7.09. The highest BCUT2D eigenvalue weighted by Crippen LogP contribution is 2.37. The van der Waals surface area contributed by atoms with E-state index in [2.05, 4.69) is 5.32 Å². The maximum Gasteiger partial charge on any atom is 0.265 e. The van der Waals surface area contributed by atoms with Crippen LogP contribution in [0.15, 0.2) is 65.6 Å². The van der Waals surface area contributed by atoms with E-state index >= 15 is 0 Å². The molecule has 0 saturated heterocycles. The molecule has 1 aliphatic rings. The Kier molecular flexibility index (Phi) is 11.5. The van der Waals surface area contributed by atoms with Crippen molar-refractivity contribution in [2.24, 2.45) is 0 Å². The molecular formula is C32H37Cl2N3O7S. The van der Waals surface area contributed by atoms with Crippen LogP contribution in [-0.4, -0.2) is 65.1 Å². The average Bonchev–Trinajstić information content (AvgIpc) is 3.54. The minimum Gasteiger partial charge on any atom is -0.495 e. The minimum absolute atomic E-state index is 0.00950. The Morgan fingerprint density at radius 3 is 2.18 bits per heavy atom. The summed E-state index contributed by atoms with van der Waals surface area (Å²) in [5, 5.41) is 3.74. The van der Waals surface area contributed by atoms with E-state index in [1.807, 2.05) is 0 Å². The van der Waals surface area contributed by atoms with Crippen LogP contribution in [0.3, 0.4) is 0 Å². The van der Waals surface area contributed by atoms with Crippen molar-refractivity contribution < 1.29 is 32.2 Å². The number of methoxy groups -OCH3 is 3. The molecule has 1 aliphatic carbocycles. The van der Waals surface area contributed by atoms with Gasteiger partial charge < -0.3 is 24.4 Å². The maximum absolute atomic E-state index is 14.3. The van der Waals surface area contributed by atoms with Crippen LogP contribution >= 0.6 is 23.2 Å². The second-order valence-electron chi connectivity index (χ2n) is 10.7. The number of sulfonamides is 1. The first-order valence-corrected chi connectivity index (χ1v) is 16.6. The number of ether oxygens (including phenoxy) is 3. The van der Waals surface area contributed by atoms with Crippen molar-refractivity contribution in [3.63, 3.8) is 0 Å². The smallest absolute Gasteiger partial charge is 0.265 e. The third kappa shape index (κ3) is 8.14. The summed E-state index contributed by atoms with van der Waals surface area (Å²) >= 11 is 12.6. The zero-order chi connectivity index (χ0) is 32.7. The Bertz CT molecular complexity index is 1630. The Morgan fingerprint density at radius 2 is 1.53 bits per heavy atom. The summed E-state index contributed by atoms with van der Waals surface area (Å²) in [6, 6.07) is 14.6. The summed E-state index contributed by atoms with van der Waals surface area (Å²) in [5.41, 5.74) is 0.713. The van der Waals surface area contributed by atoms with Gasteiger partial charge in [-0.05, 0) is 67.8 Å². The molecule has 0 bridgehead atoms. The number of amides is 2. The van der Waals surface area contributed by atoms with Crippen LogP contribution in [0.5, 0.6) is 17.2 Å². The van der Waals surface area contributed by atoms with Gasteiger partial charge in [-0.3, -0.25) is 13.9 Å². The summed E-state index contributed by atoms with van der Waals surface area (Å²) in [7, 11) is -0.231. The SMILES string of the molecule is COc1ccc(S(=O)(=O)N(CC(=O)N(Cc2cccc(Cl)c2)C(C)C(=O)NC2CCCC2)c2cc(Cl)ccc2OC)cc1OC. The molecule has 10 nitrogen and oxygen atoms in total. The fraction of sp³-hybridized carbons (Fsp3) is 0.375. The lowest BCUT2D eigenvalue weighted by atomic mass is 10.1. The Hall–Kier alpha value is -3.67. The van der Waals surface area contributed by atoms with E-state index in [4.69, 9.17) is 37.4 Å². The van der Waals surface area contributed by atoms with Crippen molar-refractivity contribution in [3.8, 4) is 17.2 Å². The number of nitrogens with one attached hydrogen (secondary N) is 1. The van der Waals surface area contributed by atoms with E-state index in [9.17, 15) is 18.0 Å². The van der Waals surface area contributed by atoms with E-state index in [0.717, 1.165) is 30.0 Å². The molecule has 1 fully saturated rings. The number of benzene rings is 3. The predicted molar refractivity (Wildman–Crippen MR) is 174 cm³/mol. The van der Waals surface area contributed by atoms with E-state index in [0.29, 0.717) is 16.3 Å². The molecule has 1 unspecified atom stereocenters. The number of hydrogen-bond donors (Lipinski definition) is 1. The molecule has 13 heteroatoms. The standard InChI is InChI=1S/C32H37Cl2N3O7S/c1-21(32(39)35-25-10-5-6-11-25)36(19-22-8-7-9-23(33)16-22)31(38)20-37(27-17-24(34)12-14-28(27)42-2)45(40,41)26-13-15-29(43-3)30(18-26)44-4/h7-9,12-18,21,25H,5-6,10-11,19-20H2,1-4H3,(H,35,39). The second-order valence-corrected chi connectivity index (χ2v) is 13.4. The van der Waals surface area contributed by atoms with Crippen LogP contribution in [0.4, 0.5) is 5.69 Å². The first-order valence-electron chi connectivity index (χ1n) is 14.4. The lowest BCUT2D eigenvalue weighted by Gasteiger charge is -2.33. The predicted octanol–water partition coefficient (Wildman–Crippen LogP) is 5.69. The van der Waals surface area contributed by atoms with Gasteiger partial charge in [-0.1, -0.05) is 48.2 Å². The van der Waals surface area contributed by atoms with Gasteiger partial charge in [-0.15, -0.1) is 0 Å². The molecule has 45 heavy (non-hydrogen) atoms. The molecule has 3 aromatic rings. The van der Waals surface area contributed by atoms with Gasteiger partial charge in [0.25, 0.3) is 10.0 Å². The van der Waals surface area contributed by atoms with Gasteiger partial charge in [0.2, 0.25) is 11.8 Å². The highest BCUT2D eigenvalue weighted by atomic mass is 35.5. The number of rotatable bonds is 13. The fourth-order valence-electron chi connectivity index (χ4n) is 5.28. The number of hydrogen-bond acceptors (Lipinski definition) is 7. The average molecular weight is 679 g/mol. The molecule has 242 valence electrons. The van der Waals surface area contributed by atoms with Gasteiger partial charge in [0, 0.05) is 28.7 Å². The number of carbonyl (C=O) groups excluding carboxylic acids is 2. The number of carbonyl (C=O) groups is 2. The van der Waals surface area contributed by atoms with Crippen LogP contribution in [0, 0.1) is 0 Å². The molecule has 0 aromatic heterocycles. The van der Waals surface area contributed by atoms with Gasteiger partial charge in [0.05, 0.1) is 31.9 Å². The lowest BCUT2D eigenvalue weighted by molar-refractivity contribution is -0.139. The molecule has 4 rings (SSSR count). The maximum atomic E-state index is 14.3. The van der Waals surface area contributed by atoms with Gasteiger partial charge >= 0.3 is 0 Å². The van der Waals surface area contributed by atoms with E-state index in [-0.39, 0.29) is 45.6 Å². The molecular weight excluding hydrogens is 641 g/mol. The Labute approximate surface area is 274 Å². The zero-order valence-electron chi connectivity index (χ0n) is 25.6. The highest BCUT2D eigenvalue weighted by molar-refractivity contribution is 7.92. The first kappa shape index (κ1) is 34.2. The van der Waals surface area contributed by atoms with E-state index in [1.165, 1.54) is 56.6 Å². The Balaban J connectivity index is 1.78. The van der Waals surface area contributed by atoms with Crippen molar-refractivity contribution in [1.29, 1.82) is 0 Å². The minimum atomic E-state index is -4.44. The quantitative estimate of drug-likeness (QED) is 0.247. The second kappa shape index (κ2) is 15.1. The number of halogens is 2. The van der Waals surface area contributed by atoms with Crippen LogP contribution in [0.1, 0.15) is 38.2 Å². The summed E-state index contributed by atoms with van der Waals surface area (Å²) < 4.78 is 45.7. The van der Waals surface area contributed by atoms with Crippen LogP contribution in [0.2, 0.25) is 10.0 Å².